The number of pyridine rings is 2. The van der Waals surface area contributed by atoms with Gasteiger partial charge in [0.2, 0.25) is 5.95 Å². The average molecular weight is 646 g/mol. The molecule has 0 bridgehead atoms. The predicted octanol–water partition coefficient (Wildman–Crippen LogP) is 6.48. The van der Waals surface area contributed by atoms with Crippen LogP contribution in [0.2, 0.25) is 0 Å². The molecule has 0 aliphatic carbocycles. The van der Waals surface area contributed by atoms with Gasteiger partial charge in [-0.1, -0.05) is 0 Å². The van der Waals surface area contributed by atoms with Crippen LogP contribution < -0.4 is 8.85 Å². The Bertz CT molecular complexity index is 1620. The molecule has 0 spiro atoms. The Morgan fingerprint density at radius 1 is 0.974 bits per heavy atom. The summed E-state index contributed by atoms with van der Waals surface area (Å²) < 4.78 is 61.3. The minimum absolute atomic E-state index is 0.152. The van der Waals surface area contributed by atoms with Gasteiger partial charge in [0.25, 0.3) is 0 Å². The van der Waals surface area contributed by atoms with Crippen molar-refractivity contribution >= 4 is 42.3 Å². The second-order valence-corrected chi connectivity index (χ2v) is 10.0. The van der Waals surface area contributed by atoms with Crippen LogP contribution in [0.1, 0.15) is 17.0 Å². The van der Waals surface area contributed by atoms with Gasteiger partial charge in [-0.2, -0.15) is 13.2 Å². The van der Waals surface area contributed by atoms with E-state index < -0.39 is 38.6 Å². The molecule has 0 saturated carbocycles. The Hall–Kier alpha value is -4.27. The number of nitrogens with one attached hydrogen (secondary N) is 2. The maximum atomic E-state index is 14.2. The highest BCUT2D eigenvalue weighted by atomic mass is 127. The Morgan fingerprint density at radius 3 is 2.54 bits per heavy atom. The van der Waals surface area contributed by atoms with Crippen LogP contribution in [0.3, 0.4) is 0 Å². The van der Waals surface area contributed by atoms with Gasteiger partial charge >= 0.3 is 6.18 Å². The van der Waals surface area contributed by atoms with Crippen LogP contribution in [-0.4, -0.2) is 33.5 Å². The number of nitrogens with zero attached hydrogens (tertiary/aromatic N) is 6. The number of benzene rings is 1. The van der Waals surface area contributed by atoms with Crippen LogP contribution in [0.5, 0.6) is 0 Å². The van der Waals surface area contributed by atoms with Crippen LogP contribution in [-0.2, 0) is 6.18 Å². The van der Waals surface area contributed by atoms with Crippen molar-refractivity contribution < 1.29 is 17.6 Å². The largest absolute Gasteiger partial charge is 0.416 e. The standard InChI is InChI=1S/C26H19F4IN8/c1-16-14-39(15-35-16)22-8-18(26(28,29)30)7-21(9-22)36-20-5-4-19(33-12-20)10-31-38-25-34-13-23(27)24(37-25)17-3-2-6-32-11-17/h2-15,36H,1H3,(H,34,37,38). The Labute approximate surface area is 230 Å². The summed E-state index contributed by atoms with van der Waals surface area (Å²) in [4.78, 5) is 20.7. The lowest BCUT2D eigenvalue weighted by atomic mass is 10.1. The van der Waals surface area contributed by atoms with Crippen LogP contribution in [0.15, 0.2) is 79.8 Å². The fraction of sp³-hybridized carbons (Fsp3) is 0.0769. The van der Waals surface area contributed by atoms with Gasteiger partial charge in [-0.15, -0.1) is 0 Å². The number of hydrogen-bond donors (Lipinski definition) is 2. The van der Waals surface area contributed by atoms with Crippen LogP contribution in [0.4, 0.5) is 34.9 Å². The number of hydrogen-bond acceptors (Lipinski definition) is 7. The summed E-state index contributed by atoms with van der Waals surface area (Å²) in [5, 5.41) is 2.99. The first-order valence-electron chi connectivity index (χ1n) is 11.4. The van der Waals surface area contributed by atoms with E-state index in [2.05, 4.69) is 33.8 Å². The summed E-state index contributed by atoms with van der Waals surface area (Å²) in [5.74, 6) is -0.264. The predicted molar refractivity (Wildman–Crippen MR) is 149 cm³/mol. The summed E-state index contributed by atoms with van der Waals surface area (Å²) >= 11 is -0.785. The summed E-state index contributed by atoms with van der Waals surface area (Å²) in [6.07, 6.45) is 4.36. The number of aryl methyl sites for hydroxylation is 1. The van der Waals surface area contributed by atoms with Crippen LogP contribution in [0, 0.1) is 12.7 Å². The van der Waals surface area contributed by atoms with Gasteiger partial charge in [0.15, 0.2) is 5.82 Å². The maximum absolute atomic E-state index is 14.2. The zero-order valence-corrected chi connectivity index (χ0v) is 22.3. The van der Waals surface area contributed by atoms with E-state index in [1.54, 1.807) is 49.6 Å². The number of imidazole rings is 1. The second kappa shape index (κ2) is 11.2. The molecule has 0 saturated heterocycles. The fourth-order valence-electron chi connectivity index (χ4n) is 3.52. The maximum Gasteiger partial charge on any atom is 0.416 e. The van der Waals surface area contributed by atoms with Gasteiger partial charge in [-0.25, -0.2) is 19.3 Å². The average Bonchev–Trinajstić information content (AvgIpc) is 3.37. The SMILES string of the molecule is Cc1cn(-c2cc(Nc3ccc(C=INc4ncc(F)c(-c5cccnc5)n4)nc3)cc(C(F)(F)F)c2)cn1. The van der Waals surface area contributed by atoms with Gasteiger partial charge in [0, 0.05) is 60.5 Å². The lowest BCUT2D eigenvalue weighted by molar-refractivity contribution is -0.137. The van der Waals surface area contributed by atoms with E-state index in [0.29, 0.717) is 28.3 Å². The first-order valence-corrected chi connectivity index (χ1v) is 13.7. The van der Waals surface area contributed by atoms with Crippen LogP contribution >= 0.6 is 21.0 Å². The smallest absolute Gasteiger partial charge is 0.354 e. The number of rotatable bonds is 7. The minimum Gasteiger partial charge on any atom is -0.354 e. The van der Waals surface area contributed by atoms with E-state index in [-0.39, 0.29) is 17.3 Å². The monoisotopic (exact) mass is 646 g/mol. The highest BCUT2D eigenvalue weighted by Gasteiger charge is 2.31. The number of halogens is 5. The van der Waals surface area contributed by atoms with Crippen molar-refractivity contribution in [1.82, 2.24) is 29.5 Å². The van der Waals surface area contributed by atoms with Crippen molar-refractivity contribution in [3.05, 3.63) is 103 Å². The topological polar surface area (TPSA) is 93.4 Å². The van der Waals surface area contributed by atoms with E-state index in [0.717, 1.165) is 18.3 Å². The summed E-state index contributed by atoms with van der Waals surface area (Å²) in [5.41, 5.74) is 2.38. The summed E-state index contributed by atoms with van der Waals surface area (Å²) in [6, 6.07) is 10.6. The molecule has 0 unspecified atom stereocenters. The third-order valence-electron chi connectivity index (χ3n) is 5.31. The molecule has 0 atom stereocenters. The van der Waals surface area contributed by atoms with E-state index >= 15 is 0 Å². The first-order chi connectivity index (χ1) is 18.7. The molecule has 5 aromatic rings. The van der Waals surface area contributed by atoms with E-state index in [4.69, 9.17) is 0 Å². The summed E-state index contributed by atoms with van der Waals surface area (Å²) in [6.45, 7) is 1.76. The third kappa shape index (κ3) is 6.60. The molecule has 13 heteroatoms. The molecule has 0 amide bonds. The fourth-order valence-corrected chi connectivity index (χ4v) is 4.90. The Morgan fingerprint density at radius 2 is 1.85 bits per heavy atom. The normalized spacial score (nSPS) is 11.8. The van der Waals surface area contributed by atoms with Crippen molar-refractivity contribution in [2.75, 3.05) is 8.85 Å². The molecular weight excluding hydrogens is 627 g/mol. The van der Waals surface area contributed by atoms with E-state index in [9.17, 15) is 17.6 Å². The zero-order chi connectivity index (χ0) is 27.4. The quantitative estimate of drug-likeness (QED) is 0.119. The molecule has 0 aliphatic heterocycles. The van der Waals surface area contributed by atoms with Gasteiger partial charge < -0.3 is 13.4 Å². The number of aromatic nitrogens is 6. The van der Waals surface area contributed by atoms with E-state index in [1.165, 1.54) is 23.3 Å². The van der Waals surface area contributed by atoms with Crippen molar-refractivity contribution in [3.8, 4) is 16.9 Å². The molecule has 5 rings (SSSR count). The molecular formula is C26H19F4IN8. The van der Waals surface area contributed by atoms with E-state index in [1.807, 2.05) is 4.01 Å². The Kier molecular flexibility index (Phi) is 7.58. The molecule has 0 radical (unpaired) electrons. The lowest BCUT2D eigenvalue weighted by Gasteiger charge is -2.14. The minimum atomic E-state index is -4.51. The van der Waals surface area contributed by atoms with Crippen molar-refractivity contribution in [2.24, 2.45) is 0 Å². The first kappa shape index (κ1) is 26.3. The van der Waals surface area contributed by atoms with Gasteiger partial charge in [0.1, 0.15) is 5.69 Å². The molecule has 4 heterocycles. The molecule has 1 aromatic carbocycles. The Balaban J connectivity index is 1.29. The van der Waals surface area contributed by atoms with Gasteiger partial charge in [-0.05, 0) is 49.4 Å². The van der Waals surface area contributed by atoms with Gasteiger partial charge in [0.05, 0.1) is 41.4 Å². The second-order valence-electron chi connectivity index (χ2n) is 8.23. The summed E-state index contributed by atoms with van der Waals surface area (Å²) in [7, 11) is 0. The van der Waals surface area contributed by atoms with Crippen LogP contribution in [0.25, 0.3) is 16.9 Å². The molecule has 2 N–H and O–H groups in total. The highest BCUT2D eigenvalue weighted by Crippen LogP contribution is 2.34. The molecule has 4 aromatic heterocycles. The van der Waals surface area contributed by atoms with Gasteiger partial charge in [-0.3, -0.25) is 9.97 Å². The van der Waals surface area contributed by atoms with Crippen molar-refractivity contribution in [1.29, 1.82) is 0 Å². The number of alkyl halides is 3. The zero-order valence-electron chi connectivity index (χ0n) is 20.2. The molecule has 8 nitrogen and oxygen atoms in total. The number of anilines is 3. The third-order valence-corrected chi connectivity index (χ3v) is 7.06. The molecule has 0 aliphatic rings. The molecule has 0 fully saturated rings. The highest BCUT2D eigenvalue weighted by molar-refractivity contribution is 14.2. The lowest BCUT2D eigenvalue weighted by Crippen LogP contribution is -2.07. The molecule has 198 valence electrons. The van der Waals surface area contributed by atoms with Crippen molar-refractivity contribution in [3.63, 3.8) is 0 Å². The molecule has 39 heavy (non-hydrogen) atoms. The van der Waals surface area contributed by atoms with Crippen molar-refractivity contribution in [2.45, 2.75) is 13.1 Å².